The van der Waals surface area contributed by atoms with Crippen LogP contribution in [0.4, 0.5) is 0 Å². The summed E-state index contributed by atoms with van der Waals surface area (Å²) < 4.78 is 14.3. The van der Waals surface area contributed by atoms with Crippen molar-refractivity contribution in [3.05, 3.63) is 25.6 Å². The average Bonchev–Trinajstić information content (AvgIpc) is 2.01. The fraction of sp³-hybridized carbons (Fsp3) is 0. The molecule has 0 N–H and O–H groups in total. The van der Waals surface area contributed by atoms with Gasteiger partial charge in [-0.25, -0.2) is 0 Å². The maximum absolute atomic E-state index is 10.6. The minimum absolute atomic E-state index is 0.858. The first-order valence-corrected chi connectivity index (χ1v) is 6.72. The van der Waals surface area contributed by atoms with Crippen LogP contribution in [-0.2, 0) is 3.74 Å². The van der Waals surface area contributed by atoms with Gasteiger partial charge in [-0.05, 0) is 0 Å². The van der Waals surface area contributed by atoms with Crippen molar-refractivity contribution in [2.24, 2.45) is 0 Å². The summed E-state index contributed by atoms with van der Waals surface area (Å²) in [5.41, 5.74) is 0. The van der Waals surface area contributed by atoms with Crippen molar-refractivity contribution in [2.75, 3.05) is 0 Å². The molecule has 1 nitrogen and oxygen atoms in total. The van der Waals surface area contributed by atoms with E-state index in [1.807, 2.05) is 12.1 Å². The van der Waals surface area contributed by atoms with E-state index in [2.05, 4.69) is 47.8 Å². The van der Waals surface area contributed by atoms with Crippen LogP contribution in [0.25, 0.3) is 0 Å². The summed E-state index contributed by atoms with van der Waals surface area (Å²) in [5.74, 6) is 0. The summed E-state index contributed by atoms with van der Waals surface area (Å²) in [6.45, 7) is 0. The molecule has 1 aromatic rings. The van der Waals surface area contributed by atoms with Crippen LogP contribution >= 0.6 is 47.8 Å². The average molecular weight is 405 g/mol. The molecular weight excluding hydrogens is 403 g/mol. The number of hydrogen-bond acceptors (Lipinski definition) is 1. The summed E-state index contributed by atoms with van der Waals surface area (Å²) in [7, 11) is 0. The molecule has 0 heterocycles. The third-order valence-corrected chi connectivity index (χ3v) is 6.35. The van der Waals surface area contributed by atoms with Crippen molar-refractivity contribution >= 4 is 67.8 Å². The van der Waals surface area contributed by atoms with Crippen LogP contribution in [0.1, 0.15) is 0 Å². The van der Waals surface area contributed by atoms with E-state index < -0.39 is 15.7 Å². The summed E-state index contributed by atoms with van der Waals surface area (Å²) in [4.78, 5) is 0. The Bertz CT molecular complexity index is 300. The Balaban J connectivity index is 3.36. The fourth-order valence-electron chi connectivity index (χ4n) is 0.586. The Hall–Kier alpha value is 1.02. The molecule has 1 rings (SSSR count). The molecule has 5 heteroatoms. The van der Waals surface area contributed by atoms with Crippen LogP contribution in [0.3, 0.4) is 0 Å². The van der Waals surface area contributed by atoms with E-state index in [-0.39, 0.29) is 0 Å². The molecule has 0 spiro atoms. The predicted molar refractivity (Wildman–Crippen MR) is 55.6 cm³/mol. The van der Waals surface area contributed by atoms with Crippen molar-refractivity contribution in [3.63, 3.8) is 0 Å². The van der Waals surface area contributed by atoms with Crippen LogP contribution in [-0.4, -0.2) is 15.7 Å². The zero-order valence-corrected chi connectivity index (χ0v) is 11.8. The van der Waals surface area contributed by atoms with Crippen molar-refractivity contribution in [2.45, 2.75) is 0 Å². The van der Waals surface area contributed by atoms with Gasteiger partial charge in [0.1, 0.15) is 0 Å². The molecule has 0 fully saturated rings. The first-order chi connectivity index (χ1) is 5.16. The van der Waals surface area contributed by atoms with Crippen LogP contribution in [0, 0.1) is 0 Å². The van der Waals surface area contributed by atoms with Crippen molar-refractivity contribution in [1.82, 2.24) is 0 Å². The monoisotopic (exact) mass is 402 g/mol. The van der Waals surface area contributed by atoms with E-state index in [9.17, 15) is 3.74 Å². The normalized spacial score (nSPS) is 10.5. The molecular formula is C6H2AsBr3O. The van der Waals surface area contributed by atoms with Gasteiger partial charge in [-0.2, -0.15) is 0 Å². The van der Waals surface area contributed by atoms with E-state index in [1.165, 1.54) is 0 Å². The Labute approximate surface area is 96.2 Å². The SMILES string of the molecule is O=[As]c1ccc(Br)c(Br)c1Br. The van der Waals surface area contributed by atoms with E-state index in [0.717, 1.165) is 17.8 Å². The van der Waals surface area contributed by atoms with Crippen molar-refractivity contribution < 1.29 is 3.74 Å². The van der Waals surface area contributed by atoms with Gasteiger partial charge < -0.3 is 0 Å². The van der Waals surface area contributed by atoms with Gasteiger partial charge in [0.2, 0.25) is 0 Å². The standard InChI is InChI=1S/C6H2AsBr3O/c8-4-2-1-3(7-11)5(9)6(4)10/h1-2H. The molecule has 0 saturated heterocycles. The van der Waals surface area contributed by atoms with E-state index in [1.54, 1.807) is 0 Å². The Morgan fingerprint density at radius 2 is 1.73 bits per heavy atom. The van der Waals surface area contributed by atoms with Crippen molar-refractivity contribution in [1.29, 1.82) is 0 Å². The molecule has 0 bridgehead atoms. The number of hydrogen-bond donors (Lipinski definition) is 0. The topological polar surface area (TPSA) is 17.1 Å². The van der Waals surface area contributed by atoms with Gasteiger partial charge in [0, 0.05) is 0 Å². The summed E-state index contributed by atoms with van der Waals surface area (Å²) in [6.07, 6.45) is 0. The number of benzene rings is 1. The van der Waals surface area contributed by atoms with Gasteiger partial charge in [0.05, 0.1) is 0 Å². The molecule has 0 amide bonds. The van der Waals surface area contributed by atoms with Crippen molar-refractivity contribution in [3.8, 4) is 0 Å². The van der Waals surface area contributed by atoms with Gasteiger partial charge >= 0.3 is 97.1 Å². The second kappa shape index (κ2) is 4.31. The van der Waals surface area contributed by atoms with Gasteiger partial charge in [0.25, 0.3) is 0 Å². The third kappa shape index (κ3) is 2.24. The zero-order chi connectivity index (χ0) is 8.43. The Kier molecular flexibility index (Phi) is 3.96. The molecule has 0 aliphatic carbocycles. The molecule has 0 saturated carbocycles. The molecule has 0 aliphatic heterocycles. The molecule has 0 radical (unpaired) electrons. The fourth-order valence-corrected chi connectivity index (χ4v) is 3.27. The zero-order valence-electron chi connectivity index (χ0n) is 5.14. The number of halogens is 3. The van der Waals surface area contributed by atoms with E-state index >= 15 is 0 Å². The Morgan fingerprint density at radius 1 is 1.09 bits per heavy atom. The second-order valence-electron chi connectivity index (χ2n) is 1.79. The summed E-state index contributed by atoms with van der Waals surface area (Å²) in [6, 6.07) is 3.71. The van der Waals surface area contributed by atoms with Crippen LogP contribution in [0.2, 0.25) is 0 Å². The molecule has 0 unspecified atom stereocenters. The molecule has 1 aromatic carbocycles. The van der Waals surface area contributed by atoms with Gasteiger partial charge in [0.15, 0.2) is 0 Å². The van der Waals surface area contributed by atoms with E-state index in [0.29, 0.717) is 0 Å². The van der Waals surface area contributed by atoms with E-state index in [4.69, 9.17) is 0 Å². The number of rotatable bonds is 1. The maximum atomic E-state index is 10.6. The predicted octanol–water partition coefficient (Wildman–Crippen LogP) is 2.65. The third-order valence-electron chi connectivity index (χ3n) is 1.11. The van der Waals surface area contributed by atoms with Crippen LogP contribution in [0.5, 0.6) is 0 Å². The molecule has 11 heavy (non-hydrogen) atoms. The summed E-state index contributed by atoms with van der Waals surface area (Å²) in [5, 5.41) is 0. The van der Waals surface area contributed by atoms with Crippen LogP contribution in [0.15, 0.2) is 25.6 Å². The molecule has 0 aromatic heterocycles. The minimum atomic E-state index is -0.958. The van der Waals surface area contributed by atoms with Gasteiger partial charge in [-0.15, -0.1) is 0 Å². The molecule has 58 valence electrons. The molecule has 0 atom stereocenters. The first kappa shape index (κ1) is 10.1. The van der Waals surface area contributed by atoms with Gasteiger partial charge in [-0.3, -0.25) is 0 Å². The summed E-state index contributed by atoms with van der Waals surface area (Å²) >= 11 is 9.07. The van der Waals surface area contributed by atoms with Gasteiger partial charge in [-0.1, -0.05) is 0 Å². The molecule has 0 aliphatic rings. The first-order valence-electron chi connectivity index (χ1n) is 2.63. The van der Waals surface area contributed by atoms with Crippen LogP contribution < -0.4 is 4.35 Å². The quantitative estimate of drug-likeness (QED) is 0.519. The Morgan fingerprint density at radius 3 is 2.27 bits per heavy atom. The second-order valence-corrected chi connectivity index (χ2v) is 5.62.